The van der Waals surface area contributed by atoms with Crippen LogP contribution in [0.2, 0.25) is 5.02 Å². The van der Waals surface area contributed by atoms with Gasteiger partial charge in [-0.1, -0.05) is 11.6 Å². The maximum absolute atomic E-state index is 12.2. The van der Waals surface area contributed by atoms with Gasteiger partial charge in [0.25, 0.3) is 0 Å². The van der Waals surface area contributed by atoms with Gasteiger partial charge in [-0.05, 0) is 36.8 Å². The van der Waals surface area contributed by atoms with Crippen LogP contribution in [0.5, 0.6) is 17.2 Å². The van der Waals surface area contributed by atoms with Gasteiger partial charge in [-0.3, -0.25) is 4.79 Å². The van der Waals surface area contributed by atoms with E-state index in [9.17, 15) is 4.79 Å². The van der Waals surface area contributed by atoms with Gasteiger partial charge in [0.05, 0.1) is 27.0 Å². The van der Waals surface area contributed by atoms with Gasteiger partial charge >= 0.3 is 0 Å². The van der Waals surface area contributed by atoms with E-state index in [4.69, 9.17) is 25.8 Å². The molecule has 2 rings (SSSR count). The lowest BCUT2D eigenvalue weighted by Gasteiger charge is -2.11. The van der Waals surface area contributed by atoms with Crippen LogP contribution in [0.1, 0.15) is 11.1 Å². The SMILES string of the molecule is COc1ccc(C=CC(=O)Nc2cc(C)c(Cl)cc2OC)c(OC)c1. The Morgan fingerprint density at radius 3 is 2.40 bits per heavy atom. The Labute approximate surface area is 152 Å². The van der Waals surface area contributed by atoms with Crippen LogP contribution < -0.4 is 19.5 Å². The summed E-state index contributed by atoms with van der Waals surface area (Å²) < 4.78 is 15.7. The van der Waals surface area contributed by atoms with Gasteiger partial charge in [0.2, 0.25) is 5.91 Å². The fourth-order valence-corrected chi connectivity index (χ4v) is 2.38. The van der Waals surface area contributed by atoms with Crippen molar-refractivity contribution in [1.82, 2.24) is 0 Å². The number of nitrogens with one attached hydrogen (secondary N) is 1. The molecule has 25 heavy (non-hydrogen) atoms. The molecule has 2 aromatic carbocycles. The molecule has 0 aliphatic heterocycles. The van der Waals surface area contributed by atoms with Gasteiger partial charge in [0.1, 0.15) is 17.2 Å². The summed E-state index contributed by atoms with van der Waals surface area (Å²) in [5.41, 5.74) is 2.16. The third-order valence-electron chi connectivity index (χ3n) is 3.59. The Bertz CT molecular complexity index is 802. The van der Waals surface area contributed by atoms with E-state index in [1.807, 2.05) is 13.0 Å². The lowest BCUT2D eigenvalue weighted by atomic mass is 10.1. The fourth-order valence-electron chi connectivity index (χ4n) is 2.23. The van der Waals surface area contributed by atoms with Crippen LogP contribution in [0.3, 0.4) is 0 Å². The highest BCUT2D eigenvalue weighted by atomic mass is 35.5. The zero-order valence-electron chi connectivity index (χ0n) is 14.6. The fraction of sp³-hybridized carbons (Fsp3) is 0.211. The molecule has 0 aromatic heterocycles. The number of halogens is 1. The van der Waals surface area contributed by atoms with E-state index in [0.29, 0.717) is 28.0 Å². The minimum atomic E-state index is -0.294. The number of benzene rings is 2. The Morgan fingerprint density at radius 1 is 1.04 bits per heavy atom. The molecule has 0 radical (unpaired) electrons. The molecule has 0 fully saturated rings. The standard InChI is InChI=1S/C19H20ClNO4/c1-12-9-16(18(25-4)11-15(12)20)21-19(22)8-6-13-5-7-14(23-2)10-17(13)24-3/h5-11H,1-4H3,(H,21,22). The zero-order valence-corrected chi connectivity index (χ0v) is 15.3. The minimum Gasteiger partial charge on any atom is -0.497 e. The number of amides is 1. The monoisotopic (exact) mass is 361 g/mol. The molecule has 1 amide bonds. The molecule has 0 saturated carbocycles. The molecule has 0 bridgehead atoms. The zero-order chi connectivity index (χ0) is 18.4. The van der Waals surface area contributed by atoms with Crippen LogP contribution in [-0.2, 0) is 4.79 Å². The second-order valence-electron chi connectivity index (χ2n) is 5.23. The van der Waals surface area contributed by atoms with E-state index in [0.717, 1.165) is 11.1 Å². The molecule has 2 aromatic rings. The van der Waals surface area contributed by atoms with Gasteiger partial charge in [-0.25, -0.2) is 0 Å². The van der Waals surface area contributed by atoms with Gasteiger partial charge in [0.15, 0.2) is 0 Å². The topological polar surface area (TPSA) is 56.8 Å². The van der Waals surface area contributed by atoms with Gasteiger partial charge in [0, 0.05) is 28.8 Å². The van der Waals surface area contributed by atoms with E-state index in [2.05, 4.69) is 5.32 Å². The number of carbonyl (C=O) groups is 1. The highest BCUT2D eigenvalue weighted by molar-refractivity contribution is 6.31. The van der Waals surface area contributed by atoms with E-state index < -0.39 is 0 Å². The van der Waals surface area contributed by atoms with E-state index in [1.54, 1.807) is 44.6 Å². The molecule has 0 spiro atoms. The quantitative estimate of drug-likeness (QED) is 0.778. The van der Waals surface area contributed by atoms with Crippen LogP contribution in [0, 0.1) is 6.92 Å². The van der Waals surface area contributed by atoms with Crippen molar-refractivity contribution < 1.29 is 19.0 Å². The van der Waals surface area contributed by atoms with Crippen molar-refractivity contribution >= 4 is 29.3 Å². The summed E-state index contributed by atoms with van der Waals surface area (Å²) in [4.78, 5) is 12.2. The Balaban J connectivity index is 2.18. The van der Waals surface area contributed by atoms with Crippen molar-refractivity contribution in [3.05, 3.63) is 52.6 Å². The Kier molecular flexibility index (Phi) is 6.31. The molecular weight excluding hydrogens is 342 g/mol. The Hall–Kier alpha value is -2.66. The van der Waals surface area contributed by atoms with Crippen molar-refractivity contribution in [2.24, 2.45) is 0 Å². The maximum atomic E-state index is 12.2. The summed E-state index contributed by atoms with van der Waals surface area (Å²) in [7, 11) is 4.67. The predicted octanol–water partition coefficient (Wildman–Crippen LogP) is 4.33. The first-order valence-corrected chi connectivity index (χ1v) is 7.91. The number of hydrogen-bond acceptors (Lipinski definition) is 4. The van der Waals surface area contributed by atoms with E-state index in [1.165, 1.54) is 13.2 Å². The first kappa shape index (κ1) is 18.7. The lowest BCUT2D eigenvalue weighted by Crippen LogP contribution is -2.09. The van der Waals surface area contributed by atoms with Crippen LogP contribution in [-0.4, -0.2) is 27.2 Å². The second kappa shape index (κ2) is 8.44. The molecule has 0 unspecified atom stereocenters. The molecule has 1 N–H and O–H groups in total. The first-order valence-electron chi connectivity index (χ1n) is 7.53. The number of rotatable bonds is 6. The third kappa shape index (κ3) is 4.67. The van der Waals surface area contributed by atoms with Crippen molar-refractivity contribution in [2.45, 2.75) is 6.92 Å². The van der Waals surface area contributed by atoms with Gasteiger partial charge in [-0.15, -0.1) is 0 Å². The summed E-state index contributed by atoms with van der Waals surface area (Å²) in [6.45, 7) is 1.86. The smallest absolute Gasteiger partial charge is 0.248 e. The summed E-state index contributed by atoms with van der Waals surface area (Å²) in [5, 5.41) is 3.36. The molecule has 0 saturated heterocycles. The summed E-state index contributed by atoms with van der Waals surface area (Å²) in [6, 6.07) is 8.80. The molecule has 0 aliphatic carbocycles. The number of carbonyl (C=O) groups excluding carboxylic acids is 1. The van der Waals surface area contributed by atoms with Gasteiger partial charge < -0.3 is 19.5 Å². The number of methoxy groups -OCH3 is 3. The molecule has 0 heterocycles. The first-order chi connectivity index (χ1) is 12.0. The Morgan fingerprint density at radius 2 is 1.76 bits per heavy atom. The summed E-state index contributed by atoms with van der Waals surface area (Å²) in [5.74, 6) is 1.50. The van der Waals surface area contributed by atoms with Crippen molar-refractivity contribution in [2.75, 3.05) is 26.6 Å². The number of ether oxygens (including phenoxy) is 3. The number of hydrogen-bond donors (Lipinski definition) is 1. The average Bonchev–Trinajstić information content (AvgIpc) is 2.62. The van der Waals surface area contributed by atoms with Crippen molar-refractivity contribution in [3.8, 4) is 17.2 Å². The van der Waals surface area contributed by atoms with E-state index >= 15 is 0 Å². The summed E-state index contributed by atoms with van der Waals surface area (Å²) >= 11 is 6.07. The molecule has 0 aliphatic rings. The van der Waals surface area contributed by atoms with E-state index in [-0.39, 0.29) is 5.91 Å². The van der Waals surface area contributed by atoms with Crippen molar-refractivity contribution in [3.63, 3.8) is 0 Å². The van der Waals surface area contributed by atoms with Crippen LogP contribution >= 0.6 is 11.6 Å². The third-order valence-corrected chi connectivity index (χ3v) is 4.00. The highest BCUT2D eigenvalue weighted by Crippen LogP contribution is 2.31. The molecule has 132 valence electrons. The van der Waals surface area contributed by atoms with Crippen LogP contribution in [0.25, 0.3) is 6.08 Å². The van der Waals surface area contributed by atoms with Gasteiger partial charge in [-0.2, -0.15) is 0 Å². The second-order valence-corrected chi connectivity index (χ2v) is 5.64. The summed E-state index contributed by atoms with van der Waals surface area (Å²) in [6.07, 6.45) is 3.09. The van der Waals surface area contributed by atoms with Crippen molar-refractivity contribution in [1.29, 1.82) is 0 Å². The molecule has 0 atom stereocenters. The maximum Gasteiger partial charge on any atom is 0.248 e. The highest BCUT2D eigenvalue weighted by Gasteiger charge is 2.09. The van der Waals surface area contributed by atoms with Crippen LogP contribution in [0.15, 0.2) is 36.4 Å². The largest absolute Gasteiger partial charge is 0.497 e. The lowest BCUT2D eigenvalue weighted by molar-refractivity contribution is -0.111. The predicted molar refractivity (Wildman–Crippen MR) is 100.0 cm³/mol. The normalized spacial score (nSPS) is 10.6. The molecule has 6 heteroatoms. The average molecular weight is 362 g/mol. The molecular formula is C19H20ClNO4. The number of aryl methyl sites for hydroxylation is 1. The minimum absolute atomic E-state index is 0.294. The number of anilines is 1. The molecule has 5 nitrogen and oxygen atoms in total. The van der Waals surface area contributed by atoms with Crippen LogP contribution in [0.4, 0.5) is 5.69 Å².